The molecule has 2 aromatic rings. The number of aromatic nitrogens is 2. The molecule has 0 saturated carbocycles. The second-order valence-electron chi connectivity index (χ2n) is 3.78. The van der Waals surface area contributed by atoms with Crippen LogP contribution in [0.2, 0.25) is 0 Å². The molecule has 0 aliphatic rings. The maximum atomic E-state index is 11.9. The van der Waals surface area contributed by atoms with E-state index >= 15 is 0 Å². The molecule has 0 bridgehead atoms. The summed E-state index contributed by atoms with van der Waals surface area (Å²) in [6.07, 6.45) is 5.15. The third-order valence-electron chi connectivity index (χ3n) is 2.44. The van der Waals surface area contributed by atoms with Gasteiger partial charge >= 0.3 is 0 Å². The Hall–Kier alpha value is -1.62. The maximum absolute atomic E-state index is 11.9. The van der Waals surface area contributed by atoms with E-state index in [2.05, 4.69) is 15.9 Å². The van der Waals surface area contributed by atoms with Crippen molar-refractivity contribution in [2.24, 2.45) is 7.05 Å². The molecule has 0 fully saturated rings. The number of aryl methyl sites for hydroxylation is 1. The summed E-state index contributed by atoms with van der Waals surface area (Å²) >= 11 is 3.15. The first-order valence-corrected chi connectivity index (χ1v) is 5.87. The van der Waals surface area contributed by atoms with Gasteiger partial charge in [0.15, 0.2) is 5.78 Å². The van der Waals surface area contributed by atoms with E-state index in [9.17, 15) is 9.59 Å². The fourth-order valence-electron chi connectivity index (χ4n) is 1.55. The molecule has 0 N–H and O–H groups in total. The Bertz CT molecular complexity index is 613. The zero-order chi connectivity index (χ0) is 12.4. The van der Waals surface area contributed by atoms with Gasteiger partial charge < -0.3 is 9.13 Å². The highest BCUT2D eigenvalue weighted by molar-refractivity contribution is 9.10. The van der Waals surface area contributed by atoms with Crippen molar-refractivity contribution in [2.45, 2.75) is 6.54 Å². The van der Waals surface area contributed by atoms with Crippen LogP contribution in [0, 0.1) is 0 Å². The minimum Gasteiger partial charge on any atom is -0.357 e. The number of carbonyl (C=O) groups is 1. The van der Waals surface area contributed by atoms with Crippen molar-refractivity contribution in [1.82, 2.24) is 9.13 Å². The van der Waals surface area contributed by atoms with Crippen LogP contribution in [0.25, 0.3) is 0 Å². The minimum absolute atomic E-state index is 0.0578. The molecule has 88 valence electrons. The number of ketones is 1. The first-order chi connectivity index (χ1) is 8.08. The number of pyridine rings is 1. The van der Waals surface area contributed by atoms with Gasteiger partial charge in [-0.2, -0.15) is 0 Å². The topological polar surface area (TPSA) is 44.0 Å². The van der Waals surface area contributed by atoms with Crippen LogP contribution >= 0.6 is 15.9 Å². The Morgan fingerprint density at radius 2 is 2.12 bits per heavy atom. The average Bonchev–Trinajstić information content (AvgIpc) is 2.72. The van der Waals surface area contributed by atoms with Crippen molar-refractivity contribution in [3.05, 3.63) is 57.2 Å². The highest BCUT2D eigenvalue weighted by Gasteiger charge is 2.09. The SMILES string of the molecule is Cn1ccc(C(=O)Cn2cccc(Br)c2=O)c1. The molecule has 0 amide bonds. The molecule has 2 rings (SSSR count). The molecule has 0 saturated heterocycles. The van der Waals surface area contributed by atoms with Crippen molar-refractivity contribution >= 4 is 21.7 Å². The molecule has 17 heavy (non-hydrogen) atoms. The van der Waals surface area contributed by atoms with Gasteiger partial charge in [0, 0.05) is 31.2 Å². The molecule has 0 aromatic carbocycles. The zero-order valence-corrected chi connectivity index (χ0v) is 10.8. The third-order valence-corrected chi connectivity index (χ3v) is 3.05. The number of halogens is 1. The van der Waals surface area contributed by atoms with Gasteiger partial charge in [0.1, 0.15) is 0 Å². The first kappa shape index (κ1) is 11.9. The number of nitrogens with zero attached hydrogens (tertiary/aromatic N) is 2. The Balaban J connectivity index is 2.25. The smallest absolute Gasteiger partial charge is 0.265 e. The van der Waals surface area contributed by atoms with E-state index in [-0.39, 0.29) is 17.9 Å². The lowest BCUT2D eigenvalue weighted by molar-refractivity contribution is 0.0971. The van der Waals surface area contributed by atoms with E-state index in [1.54, 1.807) is 41.4 Å². The lowest BCUT2D eigenvalue weighted by atomic mass is 10.2. The van der Waals surface area contributed by atoms with Crippen molar-refractivity contribution < 1.29 is 4.79 Å². The van der Waals surface area contributed by atoms with Crippen molar-refractivity contribution in [2.75, 3.05) is 0 Å². The van der Waals surface area contributed by atoms with Crippen molar-refractivity contribution in [3.8, 4) is 0 Å². The fraction of sp³-hybridized carbons (Fsp3) is 0.167. The number of carbonyl (C=O) groups excluding carboxylic acids is 1. The summed E-state index contributed by atoms with van der Waals surface area (Å²) in [6, 6.07) is 5.13. The third kappa shape index (κ3) is 2.55. The van der Waals surface area contributed by atoms with Crippen LogP contribution in [0.3, 0.4) is 0 Å². The second kappa shape index (κ2) is 4.71. The van der Waals surface area contributed by atoms with Crippen LogP contribution in [-0.4, -0.2) is 14.9 Å². The van der Waals surface area contributed by atoms with Gasteiger partial charge in [-0.1, -0.05) is 0 Å². The highest BCUT2D eigenvalue weighted by atomic mass is 79.9. The largest absolute Gasteiger partial charge is 0.357 e. The Labute approximate surface area is 107 Å². The standard InChI is InChI=1S/C12H11BrN2O2/c1-14-6-4-9(7-14)11(16)8-15-5-2-3-10(13)12(15)17/h2-7H,8H2,1H3. The summed E-state index contributed by atoms with van der Waals surface area (Å²) in [6.45, 7) is 0.0578. The van der Waals surface area contributed by atoms with Gasteiger partial charge in [-0.3, -0.25) is 9.59 Å². The molecule has 0 aliphatic carbocycles. The van der Waals surface area contributed by atoms with Crippen LogP contribution in [0.15, 0.2) is 46.1 Å². The summed E-state index contributed by atoms with van der Waals surface area (Å²) in [5.74, 6) is -0.0780. The van der Waals surface area contributed by atoms with Gasteiger partial charge in [0.25, 0.3) is 5.56 Å². The number of hydrogen-bond donors (Lipinski definition) is 0. The summed E-state index contributed by atoms with van der Waals surface area (Å²) in [4.78, 5) is 23.6. The number of rotatable bonds is 3. The molecule has 2 aromatic heterocycles. The summed E-state index contributed by atoms with van der Waals surface area (Å²) in [5, 5.41) is 0. The normalized spacial score (nSPS) is 10.5. The highest BCUT2D eigenvalue weighted by Crippen LogP contribution is 2.04. The van der Waals surface area contributed by atoms with Gasteiger partial charge in [0.2, 0.25) is 0 Å². The zero-order valence-electron chi connectivity index (χ0n) is 9.26. The van der Waals surface area contributed by atoms with Crippen LogP contribution in [0.5, 0.6) is 0 Å². The van der Waals surface area contributed by atoms with Gasteiger partial charge in [-0.05, 0) is 34.1 Å². The molecular weight excluding hydrogens is 284 g/mol. The molecule has 4 nitrogen and oxygen atoms in total. The van der Waals surface area contributed by atoms with Crippen LogP contribution < -0.4 is 5.56 Å². The van der Waals surface area contributed by atoms with E-state index in [0.717, 1.165) is 0 Å². The monoisotopic (exact) mass is 294 g/mol. The van der Waals surface area contributed by atoms with Gasteiger partial charge in [0.05, 0.1) is 11.0 Å². The molecule has 0 atom stereocenters. The Morgan fingerprint density at radius 3 is 2.76 bits per heavy atom. The average molecular weight is 295 g/mol. The Morgan fingerprint density at radius 1 is 1.35 bits per heavy atom. The Kier molecular flexibility index (Phi) is 3.28. The molecule has 2 heterocycles. The lowest BCUT2D eigenvalue weighted by Crippen LogP contribution is -2.23. The lowest BCUT2D eigenvalue weighted by Gasteiger charge is -2.03. The van der Waals surface area contributed by atoms with E-state index in [1.165, 1.54) is 4.57 Å². The van der Waals surface area contributed by atoms with E-state index in [1.807, 2.05) is 7.05 Å². The summed E-state index contributed by atoms with van der Waals surface area (Å²) in [5.41, 5.74) is 0.413. The first-order valence-electron chi connectivity index (χ1n) is 5.08. The van der Waals surface area contributed by atoms with Gasteiger partial charge in [-0.25, -0.2) is 0 Å². The van der Waals surface area contributed by atoms with Crippen LogP contribution in [0.4, 0.5) is 0 Å². The predicted molar refractivity (Wildman–Crippen MR) is 68.1 cm³/mol. The van der Waals surface area contributed by atoms with E-state index < -0.39 is 0 Å². The second-order valence-corrected chi connectivity index (χ2v) is 4.63. The molecular formula is C12H11BrN2O2. The quantitative estimate of drug-likeness (QED) is 0.811. The van der Waals surface area contributed by atoms with E-state index in [0.29, 0.717) is 10.0 Å². The summed E-state index contributed by atoms with van der Waals surface area (Å²) < 4.78 is 3.65. The number of Topliss-reactive ketones (excluding diaryl/α,β-unsaturated/α-hetero) is 1. The fourth-order valence-corrected chi connectivity index (χ4v) is 1.93. The van der Waals surface area contributed by atoms with E-state index in [4.69, 9.17) is 0 Å². The maximum Gasteiger partial charge on any atom is 0.265 e. The molecule has 0 spiro atoms. The van der Waals surface area contributed by atoms with Crippen molar-refractivity contribution in [3.63, 3.8) is 0 Å². The number of hydrogen-bond acceptors (Lipinski definition) is 2. The molecule has 0 radical (unpaired) electrons. The minimum atomic E-state index is -0.197. The van der Waals surface area contributed by atoms with Crippen LogP contribution in [0.1, 0.15) is 10.4 Å². The molecule has 0 aliphatic heterocycles. The van der Waals surface area contributed by atoms with Crippen molar-refractivity contribution in [1.29, 1.82) is 0 Å². The van der Waals surface area contributed by atoms with Crippen LogP contribution in [-0.2, 0) is 13.6 Å². The molecule has 5 heteroatoms. The van der Waals surface area contributed by atoms with Gasteiger partial charge in [-0.15, -0.1) is 0 Å². The molecule has 0 unspecified atom stereocenters. The summed E-state index contributed by atoms with van der Waals surface area (Å²) in [7, 11) is 1.85. The predicted octanol–water partition coefficient (Wildman–Crippen LogP) is 1.83.